The maximum absolute atomic E-state index is 3.74. The van der Waals surface area contributed by atoms with Gasteiger partial charge in [0.2, 0.25) is 0 Å². The Morgan fingerprint density at radius 3 is 2.23 bits per heavy atom. The van der Waals surface area contributed by atoms with Gasteiger partial charge in [0.1, 0.15) is 12.7 Å². The Kier molecular flexibility index (Phi) is 1.96. The Balaban J connectivity index is 2.33. The Labute approximate surface area is 76.2 Å². The lowest BCUT2D eigenvalue weighted by Gasteiger charge is -2.02. The van der Waals surface area contributed by atoms with Crippen molar-refractivity contribution in [2.45, 2.75) is 0 Å². The second-order valence-corrected chi connectivity index (χ2v) is 2.67. The van der Waals surface area contributed by atoms with E-state index in [0.29, 0.717) is 0 Å². The molecule has 0 unspecified atom stereocenters. The number of hydrogen-bond acceptors (Lipinski definition) is 3. The zero-order chi connectivity index (χ0) is 9.10. The lowest BCUT2D eigenvalue weighted by atomic mass is 10.3. The van der Waals surface area contributed by atoms with Crippen LogP contribution in [0.4, 0.5) is 5.69 Å². The average Bonchev–Trinajstić information content (AvgIpc) is 2.71. The molecule has 2 rings (SSSR count). The van der Waals surface area contributed by atoms with E-state index in [4.69, 9.17) is 0 Å². The first-order chi connectivity index (χ1) is 6.40. The smallest absolute Gasteiger partial charge is 0.123 e. The molecule has 0 aliphatic rings. The molecule has 0 aliphatic heterocycles. The molecule has 4 heteroatoms. The van der Waals surface area contributed by atoms with Gasteiger partial charge in [-0.3, -0.25) is 4.57 Å². The first-order valence-electron chi connectivity index (χ1n) is 4.03. The highest BCUT2D eigenvalue weighted by molar-refractivity contribution is 5.47. The molecule has 1 heterocycles. The van der Waals surface area contributed by atoms with Crippen LogP contribution in [-0.2, 0) is 0 Å². The van der Waals surface area contributed by atoms with Gasteiger partial charge in [0.15, 0.2) is 0 Å². The van der Waals surface area contributed by atoms with Crippen molar-refractivity contribution in [3.8, 4) is 5.69 Å². The van der Waals surface area contributed by atoms with Crippen LogP contribution in [0.25, 0.3) is 5.69 Å². The molecule has 13 heavy (non-hydrogen) atoms. The third kappa shape index (κ3) is 1.51. The number of hydrogen-bond donors (Lipinski definition) is 1. The molecule has 1 aromatic carbocycles. The van der Waals surface area contributed by atoms with Crippen molar-refractivity contribution in [1.29, 1.82) is 0 Å². The number of nitrogens with zero attached hydrogens (tertiary/aromatic N) is 3. The van der Waals surface area contributed by atoms with E-state index in [1.165, 1.54) is 0 Å². The van der Waals surface area contributed by atoms with Crippen LogP contribution in [0.2, 0.25) is 0 Å². The summed E-state index contributed by atoms with van der Waals surface area (Å²) in [5.41, 5.74) is 2.15. The summed E-state index contributed by atoms with van der Waals surface area (Å²) < 4.78 is 1.86. The van der Waals surface area contributed by atoms with E-state index < -0.39 is 0 Å². The van der Waals surface area contributed by atoms with Gasteiger partial charge in [-0.1, -0.05) is 0 Å². The molecular weight excluding hydrogens is 164 g/mol. The average molecular weight is 174 g/mol. The lowest BCUT2D eigenvalue weighted by molar-refractivity contribution is 1.06. The minimum Gasteiger partial charge on any atom is -0.388 e. The predicted octanol–water partition coefficient (Wildman–Crippen LogP) is 1.31. The second-order valence-electron chi connectivity index (χ2n) is 2.67. The molecule has 0 saturated carbocycles. The van der Waals surface area contributed by atoms with Crippen molar-refractivity contribution in [3.05, 3.63) is 36.9 Å². The van der Waals surface area contributed by atoms with Crippen LogP contribution in [0.1, 0.15) is 0 Å². The summed E-state index contributed by atoms with van der Waals surface area (Å²) in [6, 6.07) is 8.04. The van der Waals surface area contributed by atoms with Crippen LogP contribution < -0.4 is 5.32 Å². The first kappa shape index (κ1) is 7.79. The molecule has 0 amide bonds. The Hall–Kier alpha value is -1.84. The highest BCUT2D eigenvalue weighted by atomic mass is 15.2. The number of benzene rings is 1. The number of anilines is 1. The Bertz CT molecular complexity index is 363. The van der Waals surface area contributed by atoms with E-state index in [2.05, 4.69) is 15.5 Å². The zero-order valence-electron chi connectivity index (χ0n) is 7.31. The minimum atomic E-state index is 1.06. The number of nitrogens with one attached hydrogen (secondary N) is 1. The third-order valence-corrected chi connectivity index (χ3v) is 1.87. The fourth-order valence-corrected chi connectivity index (χ4v) is 1.13. The van der Waals surface area contributed by atoms with Gasteiger partial charge in [-0.2, -0.15) is 0 Å². The molecule has 1 aromatic heterocycles. The fraction of sp³-hybridized carbons (Fsp3) is 0.111. The van der Waals surface area contributed by atoms with Crippen molar-refractivity contribution in [2.75, 3.05) is 12.4 Å². The van der Waals surface area contributed by atoms with Crippen LogP contribution in [-0.4, -0.2) is 21.8 Å². The summed E-state index contributed by atoms with van der Waals surface area (Å²) in [5, 5.41) is 10.5. The normalized spacial score (nSPS) is 9.92. The third-order valence-electron chi connectivity index (χ3n) is 1.87. The molecule has 66 valence electrons. The molecule has 2 aromatic rings. The molecule has 0 bridgehead atoms. The van der Waals surface area contributed by atoms with Crippen molar-refractivity contribution >= 4 is 5.69 Å². The van der Waals surface area contributed by atoms with E-state index in [-0.39, 0.29) is 0 Å². The van der Waals surface area contributed by atoms with E-state index in [9.17, 15) is 0 Å². The molecule has 4 nitrogen and oxygen atoms in total. The van der Waals surface area contributed by atoms with E-state index in [0.717, 1.165) is 11.4 Å². The highest BCUT2D eigenvalue weighted by Crippen LogP contribution is 2.11. The van der Waals surface area contributed by atoms with Gasteiger partial charge in [-0.25, -0.2) is 0 Å². The van der Waals surface area contributed by atoms with Gasteiger partial charge in [0.25, 0.3) is 0 Å². The van der Waals surface area contributed by atoms with Crippen LogP contribution >= 0.6 is 0 Å². The maximum atomic E-state index is 3.74. The summed E-state index contributed by atoms with van der Waals surface area (Å²) in [6.07, 6.45) is 3.35. The van der Waals surface area contributed by atoms with Gasteiger partial charge < -0.3 is 5.32 Å². The molecule has 0 spiro atoms. The van der Waals surface area contributed by atoms with Crippen molar-refractivity contribution < 1.29 is 0 Å². The summed E-state index contributed by atoms with van der Waals surface area (Å²) in [5.74, 6) is 0. The summed E-state index contributed by atoms with van der Waals surface area (Å²) in [6.45, 7) is 0. The Morgan fingerprint density at radius 2 is 1.69 bits per heavy atom. The fourth-order valence-electron chi connectivity index (χ4n) is 1.13. The van der Waals surface area contributed by atoms with Crippen molar-refractivity contribution in [1.82, 2.24) is 14.8 Å². The largest absolute Gasteiger partial charge is 0.388 e. The van der Waals surface area contributed by atoms with Crippen molar-refractivity contribution in [2.24, 2.45) is 0 Å². The molecule has 0 radical (unpaired) electrons. The van der Waals surface area contributed by atoms with Crippen molar-refractivity contribution in [3.63, 3.8) is 0 Å². The molecule has 1 N–H and O–H groups in total. The van der Waals surface area contributed by atoms with Gasteiger partial charge in [-0.05, 0) is 24.3 Å². The summed E-state index contributed by atoms with van der Waals surface area (Å²) in [7, 11) is 1.90. The van der Waals surface area contributed by atoms with E-state index in [1.54, 1.807) is 12.7 Å². The minimum absolute atomic E-state index is 1.06. The van der Waals surface area contributed by atoms with Gasteiger partial charge in [0.05, 0.1) is 0 Å². The van der Waals surface area contributed by atoms with E-state index in [1.807, 2.05) is 35.9 Å². The van der Waals surface area contributed by atoms with E-state index >= 15 is 0 Å². The van der Waals surface area contributed by atoms with Crippen LogP contribution in [0, 0.1) is 0 Å². The lowest BCUT2D eigenvalue weighted by Crippen LogP contribution is -1.91. The Morgan fingerprint density at radius 1 is 1.08 bits per heavy atom. The van der Waals surface area contributed by atoms with Crippen LogP contribution in [0.5, 0.6) is 0 Å². The topological polar surface area (TPSA) is 42.7 Å². The quantitative estimate of drug-likeness (QED) is 0.746. The predicted molar refractivity (Wildman–Crippen MR) is 50.9 cm³/mol. The first-order valence-corrected chi connectivity index (χ1v) is 4.03. The molecule has 0 fully saturated rings. The summed E-state index contributed by atoms with van der Waals surface area (Å²) in [4.78, 5) is 0. The van der Waals surface area contributed by atoms with Crippen LogP contribution in [0.3, 0.4) is 0 Å². The molecule has 0 atom stereocenters. The number of rotatable bonds is 2. The molecule has 0 saturated heterocycles. The van der Waals surface area contributed by atoms with Gasteiger partial charge in [0, 0.05) is 18.4 Å². The van der Waals surface area contributed by atoms with Gasteiger partial charge in [-0.15, -0.1) is 10.2 Å². The zero-order valence-corrected chi connectivity index (χ0v) is 7.31. The monoisotopic (exact) mass is 174 g/mol. The van der Waals surface area contributed by atoms with Crippen LogP contribution in [0.15, 0.2) is 36.9 Å². The standard InChI is InChI=1S/C9H10N4/c1-10-8-2-4-9(5-3-8)13-6-11-12-7-13/h2-7,10H,1H3. The molecular formula is C9H10N4. The number of aromatic nitrogens is 3. The summed E-state index contributed by atoms with van der Waals surface area (Å²) >= 11 is 0. The highest BCUT2D eigenvalue weighted by Gasteiger charge is 1.94. The maximum Gasteiger partial charge on any atom is 0.123 e. The second kappa shape index (κ2) is 3.26. The van der Waals surface area contributed by atoms with Gasteiger partial charge >= 0.3 is 0 Å². The SMILES string of the molecule is CNc1ccc(-n2cnnc2)cc1. The molecule has 0 aliphatic carbocycles.